The third-order valence-corrected chi connectivity index (χ3v) is 1.70. The van der Waals surface area contributed by atoms with Crippen molar-refractivity contribution in [2.75, 3.05) is 20.2 Å². The van der Waals surface area contributed by atoms with Crippen LogP contribution in [-0.2, 0) is 6.54 Å². The van der Waals surface area contributed by atoms with Gasteiger partial charge in [0.25, 0.3) is 0 Å². The van der Waals surface area contributed by atoms with E-state index in [1.165, 1.54) is 0 Å². The molecule has 0 spiro atoms. The van der Waals surface area contributed by atoms with Crippen LogP contribution in [0, 0.1) is 6.92 Å². The van der Waals surface area contributed by atoms with Crippen LogP contribution in [0.25, 0.3) is 0 Å². The number of nitrogens with zero attached hydrogens (tertiary/aromatic N) is 1. The maximum Gasteiger partial charge on any atom is 0.118 e. The van der Waals surface area contributed by atoms with Gasteiger partial charge in [-0.05, 0) is 26.1 Å². The molecule has 0 amide bonds. The summed E-state index contributed by atoms with van der Waals surface area (Å²) in [5.41, 5.74) is 0. The summed E-state index contributed by atoms with van der Waals surface area (Å²) in [6, 6.07) is 3.91. The Labute approximate surface area is 72.6 Å². The highest BCUT2D eigenvalue weighted by Gasteiger charge is 2.02. The molecule has 0 unspecified atom stereocenters. The molecule has 12 heavy (non-hydrogen) atoms. The number of hydrogen-bond donors (Lipinski definition) is 1. The Balaban J connectivity index is 2.41. The highest BCUT2D eigenvalue weighted by Crippen LogP contribution is 2.07. The van der Waals surface area contributed by atoms with Crippen LogP contribution in [0.2, 0.25) is 0 Å². The number of hydrogen-bond acceptors (Lipinski definition) is 3. The van der Waals surface area contributed by atoms with Crippen molar-refractivity contribution in [2.24, 2.45) is 0 Å². The lowest BCUT2D eigenvalue weighted by Crippen LogP contribution is -2.21. The van der Waals surface area contributed by atoms with Crippen LogP contribution < -0.4 is 0 Å². The predicted molar refractivity (Wildman–Crippen MR) is 46.9 cm³/mol. The molecule has 1 aromatic heterocycles. The van der Waals surface area contributed by atoms with Gasteiger partial charge in [0.15, 0.2) is 0 Å². The average molecular weight is 169 g/mol. The molecular formula is C9H15NO2. The minimum absolute atomic E-state index is 0.191. The summed E-state index contributed by atoms with van der Waals surface area (Å²) in [5, 5.41) is 8.65. The number of rotatable bonds is 4. The Kier molecular flexibility index (Phi) is 3.31. The van der Waals surface area contributed by atoms with E-state index in [1.54, 1.807) is 0 Å². The Morgan fingerprint density at radius 1 is 1.50 bits per heavy atom. The summed E-state index contributed by atoms with van der Waals surface area (Å²) < 4.78 is 5.38. The van der Waals surface area contributed by atoms with Crippen molar-refractivity contribution in [1.82, 2.24) is 4.90 Å². The molecule has 1 aromatic rings. The van der Waals surface area contributed by atoms with Crippen LogP contribution in [0.15, 0.2) is 16.5 Å². The van der Waals surface area contributed by atoms with E-state index in [4.69, 9.17) is 9.52 Å². The van der Waals surface area contributed by atoms with Crippen LogP contribution in [-0.4, -0.2) is 30.2 Å². The lowest BCUT2D eigenvalue weighted by molar-refractivity contribution is 0.208. The Morgan fingerprint density at radius 2 is 2.25 bits per heavy atom. The van der Waals surface area contributed by atoms with Gasteiger partial charge in [-0.25, -0.2) is 0 Å². The lowest BCUT2D eigenvalue weighted by Gasteiger charge is -2.12. The van der Waals surface area contributed by atoms with Gasteiger partial charge in [-0.15, -0.1) is 0 Å². The largest absolute Gasteiger partial charge is 0.465 e. The first-order valence-corrected chi connectivity index (χ1v) is 4.07. The molecule has 0 saturated carbocycles. The van der Waals surface area contributed by atoms with E-state index in [0.717, 1.165) is 18.1 Å². The Bertz CT molecular complexity index is 232. The molecule has 0 aromatic carbocycles. The van der Waals surface area contributed by atoms with E-state index >= 15 is 0 Å². The SMILES string of the molecule is Cc1ccc(CN(C)CCO)o1. The molecule has 1 rings (SSSR count). The van der Waals surface area contributed by atoms with Crippen LogP contribution in [0.1, 0.15) is 11.5 Å². The lowest BCUT2D eigenvalue weighted by atomic mass is 10.4. The molecule has 0 aliphatic carbocycles. The minimum atomic E-state index is 0.191. The van der Waals surface area contributed by atoms with E-state index in [1.807, 2.05) is 31.0 Å². The smallest absolute Gasteiger partial charge is 0.118 e. The Hall–Kier alpha value is -0.800. The van der Waals surface area contributed by atoms with Crippen LogP contribution in [0.3, 0.4) is 0 Å². The molecule has 3 heteroatoms. The van der Waals surface area contributed by atoms with Gasteiger partial charge in [0.2, 0.25) is 0 Å². The minimum Gasteiger partial charge on any atom is -0.465 e. The normalized spacial score (nSPS) is 11.0. The van der Waals surface area contributed by atoms with E-state index < -0.39 is 0 Å². The zero-order valence-electron chi connectivity index (χ0n) is 7.58. The number of aliphatic hydroxyl groups is 1. The first-order valence-electron chi connectivity index (χ1n) is 4.07. The first kappa shape index (κ1) is 9.29. The second kappa shape index (κ2) is 4.28. The molecule has 3 nitrogen and oxygen atoms in total. The topological polar surface area (TPSA) is 36.6 Å². The molecule has 0 aliphatic heterocycles. The zero-order chi connectivity index (χ0) is 8.97. The van der Waals surface area contributed by atoms with Gasteiger partial charge in [0.05, 0.1) is 13.2 Å². The van der Waals surface area contributed by atoms with Gasteiger partial charge in [-0.2, -0.15) is 0 Å². The van der Waals surface area contributed by atoms with Crippen LogP contribution in [0.5, 0.6) is 0 Å². The number of aryl methyl sites for hydroxylation is 1. The summed E-state index contributed by atoms with van der Waals surface area (Å²) >= 11 is 0. The summed E-state index contributed by atoms with van der Waals surface area (Å²) in [4.78, 5) is 2.01. The zero-order valence-corrected chi connectivity index (χ0v) is 7.58. The standard InChI is InChI=1S/C9H15NO2/c1-8-3-4-9(12-8)7-10(2)5-6-11/h3-4,11H,5-7H2,1-2H3. The van der Waals surface area contributed by atoms with Crippen LogP contribution in [0.4, 0.5) is 0 Å². The second-order valence-electron chi connectivity index (χ2n) is 2.97. The fourth-order valence-corrected chi connectivity index (χ4v) is 1.09. The number of furan rings is 1. The summed E-state index contributed by atoms with van der Waals surface area (Å²) in [6.07, 6.45) is 0. The molecule has 1 heterocycles. The van der Waals surface area contributed by atoms with E-state index in [-0.39, 0.29) is 6.61 Å². The molecule has 0 fully saturated rings. The molecule has 0 radical (unpaired) electrons. The van der Waals surface area contributed by atoms with Gasteiger partial charge in [0, 0.05) is 6.54 Å². The van der Waals surface area contributed by atoms with Crippen molar-refractivity contribution >= 4 is 0 Å². The molecule has 0 bridgehead atoms. The third kappa shape index (κ3) is 2.68. The van der Waals surface area contributed by atoms with Crippen molar-refractivity contribution < 1.29 is 9.52 Å². The predicted octanol–water partition coefficient (Wildman–Crippen LogP) is 1.01. The van der Waals surface area contributed by atoms with Crippen LogP contribution >= 0.6 is 0 Å². The molecule has 0 saturated heterocycles. The highest BCUT2D eigenvalue weighted by atomic mass is 16.3. The summed E-state index contributed by atoms with van der Waals surface area (Å²) in [7, 11) is 1.95. The first-order chi connectivity index (χ1) is 5.72. The van der Waals surface area contributed by atoms with Crippen molar-refractivity contribution in [3.8, 4) is 0 Å². The monoisotopic (exact) mass is 169 g/mol. The molecule has 0 aliphatic rings. The van der Waals surface area contributed by atoms with Gasteiger partial charge >= 0.3 is 0 Å². The Morgan fingerprint density at radius 3 is 2.75 bits per heavy atom. The maximum absolute atomic E-state index is 8.65. The van der Waals surface area contributed by atoms with Gasteiger partial charge in [-0.1, -0.05) is 0 Å². The highest BCUT2D eigenvalue weighted by molar-refractivity contribution is 5.05. The van der Waals surface area contributed by atoms with Gasteiger partial charge < -0.3 is 9.52 Å². The molecular weight excluding hydrogens is 154 g/mol. The number of aliphatic hydroxyl groups excluding tert-OH is 1. The van der Waals surface area contributed by atoms with Crippen molar-refractivity contribution in [3.63, 3.8) is 0 Å². The fraction of sp³-hybridized carbons (Fsp3) is 0.556. The van der Waals surface area contributed by atoms with Crippen molar-refractivity contribution in [2.45, 2.75) is 13.5 Å². The van der Waals surface area contributed by atoms with Gasteiger partial charge in [-0.3, -0.25) is 4.90 Å². The second-order valence-corrected chi connectivity index (χ2v) is 2.97. The van der Waals surface area contributed by atoms with Gasteiger partial charge in [0.1, 0.15) is 11.5 Å². The van der Waals surface area contributed by atoms with E-state index in [2.05, 4.69) is 0 Å². The number of likely N-dealkylation sites (N-methyl/N-ethyl adjacent to an activating group) is 1. The third-order valence-electron chi connectivity index (χ3n) is 1.70. The van der Waals surface area contributed by atoms with E-state index in [9.17, 15) is 0 Å². The maximum atomic E-state index is 8.65. The summed E-state index contributed by atoms with van der Waals surface area (Å²) in [5.74, 6) is 1.88. The molecule has 1 N–H and O–H groups in total. The average Bonchev–Trinajstić information content (AvgIpc) is 2.36. The molecule has 0 atom stereocenters. The van der Waals surface area contributed by atoms with E-state index in [0.29, 0.717) is 6.54 Å². The fourth-order valence-electron chi connectivity index (χ4n) is 1.09. The summed E-state index contributed by atoms with van der Waals surface area (Å²) in [6.45, 7) is 3.56. The quantitative estimate of drug-likeness (QED) is 0.731. The molecule has 68 valence electrons. The van der Waals surface area contributed by atoms with Crippen molar-refractivity contribution in [3.05, 3.63) is 23.7 Å². The van der Waals surface area contributed by atoms with Crippen molar-refractivity contribution in [1.29, 1.82) is 0 Å².